The summed E-state index contributed by atoms with van der Waals surface area (Å²) in [6, 6.07) is 8.09. The van der Waals surface area contributed by atoms with Crippen molar-refractivity contribution in [1.82, 2.24) is 5.32 Å². The van der Waals surface area contributed by atoms with E-state index in [4.69, 9.17) is 0 Å². The van der Waals surface area contributed by atoms with Gasteiger partial charge in [-0.25, -0.2) is 4.39 Å². The molecule has 1 N–H and O–H groups in total. The van der Waals surface area contributed by atoms with Crippen LogP contribution in [0.1, 0.15) is 33.1 Å². The molecule has 0 aliphatic carbocycles. The Hall–Kier alpha value is -1.09. The third kappa shape index (κ3) is 1.91. The number of nitrogens with one attached hydrogen (secondary N) is 1. The van der Waals surface area contributed by atoms with E-state index in [2.05, 4.69) is 24.1 Å². The molecule has 0 radical (unpaired) electrons. The molecule has 18 heavy (non-hydrogen) atoms. The first-order valence-corrected chi connectivity index (χ1v) is 6.86. The lowest BCUT2D eigenvalue weighted by Gasteiger charge is -2.39. The smallest absolute Gasteiger partial charge is 0.123 e. The molecule has 0 bridgehead atoms. The van der Waals surface area contributed by atoms with Gasteiger partial charge in [-0.2, -0.15) is 0 Å². The molecule has 3 rings (SSSR count). The molecule has 1 aromatic carbocycles. The first-order chi connectivity index (χ1) is 8.58. The van der Waals surface area contributed by atoms with Crippen LogP contribution in [0.15, 0.2) is 24.3 Å². The van der Waals surface area contributed by atoms with Gasteiger partial charge in [0.1, 0.15) is 5.82 Å². The van der Waals surface area contributed by atoms with Crippen molar-refractivity contribution in [3.63, 3.8) is 0 Å². The molecule has 2 heterocycles. The van der Waals surface area contributed by atoms with Gasteiger partial charge in [0, 0.05) is 23.3 Å². The molecule has 0 spiro atoms. The maximum Gasteiger partial charge on any atom is 0.123 e. The molecule has 2 aliphatic rings. The van der Waals surface area contributed by atoms with Crippen LogP contribution in [0.2, 0.25) is 0 Å². The molecule has 2 atom stereocenters. The molecular formula is C15H21FN2. The van der Waals surface area contributed by atoms with Crippen molar-refractivity contribution in [2.75, 3.05) is 11.4 Å². The number of anilines is 1. The van der Waals surface area contributed by atoms with E-state index in [1.54, 1.807) is 12.1 Å². The average molecular weight is 248 g/mol. The Kier molecular flexibility index (Phi) is 2.81. The molecular weight excluding hydrogens is 227 g/mol. The van der Waals surface area contributed by atoms with E-state index in [0.717, 1.165) is 18.7 Å². The number of hydrogen-bond acceptors (Lipinski definition) is 2. The van der Waals surface area contributed by atoms with Crippen molar-refractivity contribution in [3.8, 4) is 0 Å². The van der Waals surface area contributed by atoms with E-state index in [1.165, 1.54) is 12.8 Å². The fourth-order valence-corrected chi connectivity index (χ4v) is 3.68. The minimum atomic E-state index is -0.158. The predicted octanol–water partition coefficient (Wildman–Crippen LogP) is 2.94. The van der Waals surface area contributed by atoms with Crippen LogP contribution in [-0.2, 0) is 0 Å². The Bertz CT molecular complexity index is 427. The first-order valence-electron chi connectivity index (χ1n) is 6.86. The number of fused-ring (bicyclic) bond motifs is 1. The summed E-state index contributed by atoms with van der Waals surface area (Å²) < 4.78 is 13.1. The summed E-state index contributed by atoms with van der Waals surface area (Å²) in [5, 5.41) is 3.63. The van der Waals surface area contributed by atoms with Crippen molar-refractivity contribution in [3.05, 3.63) is 30.1 Å². The van der Waals surface area contributed by atoms with Crippen LogP contribution >= 0.6 is 0 Å². The zero-order valence-electron chi connectivity index (χ0n) is 11.1. The molecule has 0 aromatic heterocycles. The van der Waals surface area contributed by atoms with Gasteiger partial charge in [0.15, 0.2) is 0 Å². The highest BCUT2D eigenvalue weighted by Crippen LogP contribution is 2.40. The van der Waals surface area contributed by atoms with E-state index in [9.17, 15) is 4.39 Å². The van der Waals surface area contributed by atoms with Gasteiger partial charge in [-0.1, -0.05) is 0 Å². The fourth-order valence-electron chi connectivity index (χ4n) is 3.68. The van der Waals surface area contributed by atoms with Crippen LogP contribution in [0, 0.1) is 5.82 Å². The lowest BCUT2D eigenvalue weighted by atomic mass is 9.96. The van der Waals surface area contributed by atoms with Crippen LogP contribution in [0.4, 0.5) is 10.1 Å². The lowest BCUT2D eigenvalue weighted by molar-refractivity contribution is 0.382. The fraction of sp³-hybridized carbons (Fsp3) is 0.600. The Morgan fingerprint density at radius 2 is 2.00 bits per heavy atom. The normalized spacial score (nSPS) is 30.3. The molecule has 0 unspecified atom stereocenters. The van der Waals surface area contributed by atoms with Gasteiger partial charge >= 0.3 is 0 Å². The van der Waals surface area contributed by atoms with E-state index in [-0.39, 0.29) is 11.4 Å². The van der Waals surface area contributed by atoms with E-state index < -0.39 is 0 Å². The summed E-state index contributed by atoms with van der Waals surface area (Å²) >= 11 is 0. The zero-order chi connectivity index (χ0) is 12.8. The van der Waals surface area contributed by atoms with Gasteiger partial charge in [-0.15, -0.1) is 0 Å². The zero-order valence-corrected chi connectivity index (χ0v) is 11.1. The standard InChI is InChI=1S/C15H21FN2/c1-15(2)10-13-14(4-3-9-17-13)18(15)12-7-5-11(16)6-8-12/h5-8,13-14,17H,3-4,9-10H2,1-2H3/t13-,14-/m0/s1. The van der Waals surface area contributed by atoms with Crippen molar-refractivity contribution >= 4 is 5.69 Å². The number of piperidine rings is 1. The van der Waals surface area contributed by atoms with Crippen molar-refractivity contribution in [2.45, 2.75) is 50.7 Å². The van der Waals surface area contributed by atoms with Crippen molar-refractivity contribution in [1.29, 1.82) is 0 Å². The Labute approximate surface area is 108 Å². The van der Waals surface area contributed by atoms with Crippen LogP contribution < -0.4 is 10.2 Å². The Morgan fingerprint density at radius 1 is 1.28 bits per heavy atom. The maximum atomic E-state index is 13.1. The first kappa shape index (κ1) is 12.0. The second-order valence-electron chi connectivity index (χ2n) is 6.13. The summed E-state index contributed by atoms with van der Waals surface area (Å²) in [6.45, 7) is 5.71. The molecule has 0 amide bonds. The average Bonchev–Trinajstić information content (AvgIpc) is 2.60. The van der Waals surface area contributed by atoms with Crippen LogP contribution in [-0.4, -0.2) is 24.2 Å². The SMILES string of the molecule is CC1(C)C[C@@H]2NCCC[C@@H]2N1c1ccc(F)cc1. The Morgan fingerprint density at radius 3 is 2.72 bits per heavy atom. The number of rotatable bonds is 1. The Balaban J connectivity index is 1.95. The van der Waals surface area contributed by atoms with Gasteiger partial charge in [0.2, 0.25) is 0 Å². The summed E-state index contributed by atoms with van der Waals surface area (Å²) in [7, 11) is 0. The highest BCUT2D eigenvalue weighted by Gasteiger charge is 2.46. The predicted molar refractivity (Wildman–Crippen MR) is 72.4 cm³/mol. The quantitative estimate of drug-likeness (QED) is 0.822. The molecule has 98 valence electrons. The third-order valence-electron chi connectivity index (χ3n) is 4.36. The molecule has 0 saturated carbocycles. The van der Waals surface area contributed by atoms with Crippen LogP contribution in [0.5, 0.6) is 0 Å². The monoisotopic (exact) mass is 248 g/mol. The van der Waals surface area contributed by atoms with Crippen LogP contribution in [0.3, 0.4) is 0 Å². The lowest BCUT2D eigenvalue weighted by Crippen LogP contribution is -2.49. The minimum absolute atomic E-state index is 0.143. The molecule has 2 aliphatic heterocycles. The van der Waals surface area contributed by atoms with Gasteiger partial charge in [-0.3, -0.25) is 0 Å². The van der Waals surface area contributed by atoms with E-state index in [1.807, 2.05) is 12.1 Å². The highest BCUT2D eigenvalue weighted by atomic mass is 19.1. The second kappa shape index (κ2) is 4.23. The molecule has 2 fully saturated rings. The summed E-state index contributed by atoms with van der Waals surface area (Å²) in [5.41, 5.74) is 1.29. The maximum absolute atomic E-state index is 13.1. The highest BCUT2D eigenvalue weighted by molar-refractivity contribution is 5.52. The molecule has 1 aromatic rings. The molecule has 3 heteroatoms. The van der Waals surface area contributed by atoms with Gasteiger partial charge in [-0.05, 0) is 63.9 Å². The molecule has 2 saturated heterocycles. The topological polar surface area (TPSA) is 15.3 Å². The van der Waals surface area contributed by atoms with Crippen LogP contribution in [0.25, 0.3) is 0 Å². The summed E-state index contributed by atoms with van der Waals surface area (Å²) in [6.07, 6.45) is 3.63. The second-order valence-corrected chi connectivity index (χ2v) is 6.13. The third-order valence-corrected chi connectivity index (χ3v) is 4.36. The largest absolute Gasteiger partial charge is 0.362 e. The number of nitrogens with zero attached hydrogens (tertiary/aromatic N) is 1. The van der Waals surface area contributed by atoms with Gasteiger partial charge in [0.25, 0.3) is 0 Å². The van der Waals surface area contributed by atoms with Gasteiger partial charge < -0.3 is 10.2 Å². The van der Waals surface area contributed by atoms with E-state index in [0.29, 0.717) is 12.1 Å². The number of halogens is 1. The van der Waals surface area contributed by atoms with Gasteiger partial charge in [0.05, 0.1) is 0 Å². The van der Waals surface area contributed by atoms with E-state index >= 15 is 0 Å². The number of hydrogen-bond donors (Lipinski definition) is 1. The van der Waals surface area contributed by atoms with Crippen molar-refractivity contribution in [2.24, 2.45) is 0 Å². The summed E-state index contributed by atoms with van der Waals surface area (Å²) in [4.78, 5) is 2.49. The minimum Gasteiger partial charge on any atom is -0.362 e. The van der Waals surface area contributed by atoms with Crippen molar-refractivity contribution < 1.29 is 4.39 Å². The summed E-state index contributed by atoms with van der Waals surface area (Å²) in [5.74, 6) is -0.158. The number of benzene rings is 1. The molecule has 2 nitrogen and oxygen atoms in total.